The van der Waals surface area contributed by atoms with Crippen molar-refractivity contribution >= 4 is 23.5 Å². The molecule has 2 heteroatoms. The average Bonchev–Trinajstić information content (AvgIpc) is 2.77. The van der Waals surface area contributed by atoms with Crippen LogP contribution < -0.4 is 10.1 Å². The summed E-state index contributed by atoms with van der Waals surface area (Å²) in [5.41, 5.74) is 6.63. The van der Waals surface area contributed by atoms with Gasteiger partial charge in [0.1, 0.15) is 0 Å². The van der Waals surface area contributed by atoms with Crippen molar-refractivity contribution in [1.82, 2.24) is 0 Å². The normalized spacial score (nSPS) is 12.0. The molecule has 0 saturated heterocycles. The molecular weight excluding hydrogens is 342 g/mol. The van der Waals surface area contributed by atoms with Crippen LogP contribution in [0.25, 0.3) is 23.3 Å². The van der Waals surface area contributed by atoms with Gasteiger partial charge in [0.05, 0.1) is 11.4 Å². The first-order valence-corrected chi connectivity index (χ1v) is 9.38. The SMILES string of the molecule is C(=Cc1ccccc1-c1cccc2c1Nc1ccccc1O2)c1ccccc1. The van der Waals surface area contributed by atoms with Gasteiger partial charge < -0.3 is 10.1 Å². The van der Waals surface area contributed by atoms with Crippen molar-refractivity contribution in [3.8, 4) is 22.6 Å². The zero-order valence-corrected chi connectivity index (χ0v) is 15.3. The highest BCUT2D eigenvalue weighted by Crippen LogP contribution is 2.46. The maximum Gasteiger partial charge on any atom is 0.151 e. The molecule has 4 aromatic rings. The highest BCUT2D eigenvalue weighted by atomic mass is 16.5. The Kier molecular flexibility index (Phi) is 4.15. The Labute approximate surface area is 164 Å². The van der Waals surface area contributed by atoms with Crippen molar-refractivity contribution in [3.63, 3.8) is 0 Å². The monoisotopic (exact) mass is 361 g/mol. The standard InChI is InChI=1S/C26H19NO/c1-2-9-19(10-3-1)17-18-20-11-4-5-12-21(20)22-13-8-16-25-26(22)27-23-14-6-7-15-24(23)28-25/h1-18,27H. The second-order valence-electron chi connectivity index (χ2n) is 6.73. The lowest BCUT2D eigenvalue weighted by Gasteiger charge is -2.24. The van der Waals surface area contributed by atoms with Crippen LogP contribution in [0.1, 0.15) is 11.1 Å². The summed E-state index contributed by atoms with van der Waals surface area (Å²) in [4.78, 5) is 0. The molecule has 0 fully saturated rings. The van der Waals surface area contributed by atoms with Crippen LogP contribution in [0.15, 0.2) is 97.1 Å². The first-order chi connectivity index (χ1) is 13.9. The second-order valence-corrected chi connectivity index (χ2v) is 6.73. The third-order valence-corrected chi connectivity index (χ3v) is 4.90. The van der Waals surface area contributed by atoms with E-state index in [-0.39, 0.29) is 0 Å². The van der Waals surface area contributed by atoms with Gasteiger partial charge in [-0.15, -0.1) is 0 Å². The molecule has 0 saturated carbocycles. The van der Waals surface area contributed by atoms with Crippen LogP contribution in [-0.4, -0.2) is 0 Å². The molecule has 5 rings (SSSR count). The van der Waals surface area contributed by atoms with Crippen LogP contribution in [0.4, 0.5) is 11.4 Å². The highest BCUT2D eigenvalue weighted by molar-refractivity contribution is 5.92. The van der Waals surface area contributed by atoms with E-state index >= 15 is 0 Å². The van der Waals surface area contributed by atoms with E-state index in [1.807, 2.05) is 42.5 Å². The molecule has 1 aliphatic rings. The van der Waals surface area contributed by atoms with Gasteiger partial charge in [-0.2, -0.15) is 0 Å². The first-order valence-electron chi connectivity index (χ1n) is 9.38. The van der Waals surface area contributed by atoms with Gasteiger partial charge in [0.2, 0.25) is 0 Å². The molecule has 2 nitrogen and oxygen atoms in total. The Balaban J connectivity index is 1.58. The van der Waals surface area contributed by atoms with Crippen molar-refractivity contribution in [1.29, 1.82) is 0 Å². The first kappa shape index (κ1) is 16.4. The fourth-order valence-electron chi connectivity index (χ4n) is 3.52. The van der Waals surface area contributed by atoms with E-state index in [9.17, 15) is 0 Å². The quantitative estimate of drug-likeness (QED) is 0.339. The van der Waals surface area contributed by atoms with E-state index in [0.29, 0.717) is 0 Å². The lowest BCUT2D eigenvalue weighted by Crippen LogP contribution is -2.04. The minimum Gasteiger partial charge on any atom is -0.453 e. The average molecular weight is 361 g/mol. The van der Waals surface area contributed by atoms with E-state index in [4.69, 9.17) is 4.74 Å². The van der Waals surface area contributed by atoms with Crippen molar-refractivity contribution in [2.45, 2.75) is 0 Å². The van der Waals surface area contributed by atoms with Crippen molar-refractivity contribution in [3.05, 3.63) is 108 Å². The van der Waals surface area contributed by atoms with Gasteiger partial charge in [-0.05, 0) is 34.9 Å². The highest BCUT2D eigenvalue weighted by Gasteiger charge is 2.20. The Morgan fingerprint density at radius 2 is 1.29 bits per heavy atom. The Morgan fingerprint density at radius 1 is 0.571 bits per heavy atom. The zero-order valence-electron chi connectivity index (χ0n) is 15.3. The predicted octanol–water partition coefficient (Wildman–Crippen LogP) is 7.37. The van der Waals surface area contributed by atoms with Crippen LogP contribution in [-0.2, 0) is 0 Å². The molecule has 1 aliphatic heterocycles. The minimum absolute atomic E-state index is 0.845. The Bertz CT molecular complexity index is 1160. The van der Waals surface area contributed by atoms with Gasteiger partial charge in [0.25, 0.3) is 0 Å². The number of rotatable bonds is 3. The predicted molar refractivity (Wildman–Crippen MR) is 117 cm³/mol. The zero-order chi connectivity index (χ0) is 18.8. The van der Waals surface area contributed by atoms with Crippen LogP contribution in [0.3, 0.4) is 0 Å². The molecular formula is C26H19NO. The number of hydrogen-bond acceptors (Lipinski definition) is 2. The largest absolute Gasteiger partial charge is 0.453 e. The second kappa shape index (κ2) is 7.09. The van der Waals surface area contributed by atoms with Gasteiger partial charge in [-0.1, -0.05) is 91.0 Å². The number of ether oxygens (including phenoxy) is 1. The van der Waals surface area contributed by atoms with Crippen molar-refractivity contribution in [2.75, 3.05) is 5.32 Å². The summed E-state index contributed by atoms with van der Waals surface area (Å²) in [7, 11) is 0. The van der Waals surface area contributed by atoms with Gasteiger partial charge in [0.15, 0.2) is 11.5 Å². The number of anilines is 2. The molecule has 0 amide bonds. The summed E-state index contributed by atoms with van der Waals surface area (Å²) in [6, 6.07) is 33.0. The summed E-state index contributed by atoms with van der Waals surface area (Å²) >= 11 is 0. The number of fused-ring (bicyclic) bond motifs is 2. The van der Waals surface area contributed by atoms with Gasteiger partial charge in [-0.25, -0.2) is 0 Å². The lowest BCUT2D eigenvalue weighted by atomic mass is 9.96. The van der Waals surface area contributed by atoms with E-state index in [1.165, 1.54) is 16.7 Å². The minimum atomic E-state index is 0.845. The summed E-state index contributed by atoms with van der Waals surface area (Å²) < 4.78 is 6.13. The van der Waals surface area contributed by atoms with E-state index in [1.54, 1.807) is 0 Å². The number of nitrogens with one attached hydrogen (secondary N) is 1. The summed E-state index contributed by atoms with van der Waals surface area (Å²) in [5, 5.41) is 3.56. The third-order valence-electron chi connectivity index (χ3n) is 4.90. The molecule has 0 spiro atoms. The topological polar surface area (TPSA) is 21.3 Å². The van der Waals surface area contributed by atoms with Crippen LogP contribution >= 0.6 is 0 Å². The molecule has 0 radical (unpaired) electrons. The molecule has 0 atom stereocenters. The molecule has 4 aromatic carbocycles. The molecule has 1 N–H and O–H groups in total. The Morgan fingerprint density at radius 3 is 2.21 bits per heavy atom. The molecule has 0 unspecified atom stereocenters. The fourth-order valence-corrected chi connectivity index (χ4v) is 3.52. The van der Waals surface area contributed by atoms with Crippen LogP contribution in [0, 0.1) is 0 Å². The maximum absolute atomic E-state index is 6.13. The van der Waals surface area contributed by atoms with Crippen LogP contribution in [0.5, 0.6) is 11.5 Å². The molecule has 0 bridgehead atoms. The van der Waals surface area contributed by atoms with E-state index in [2.05, 4.69) is 72.1 Å². The maximum atomic E-state index is 6.13. The molecule has 1 heterocycles. The van der Waals surface area contributed by atoms with Crippen molar-refractivity contribution < 1.29 is 4.74 Å². The summed E-state index contributed by atoms with van der Waals surface area (Å²) in [5.74, 6) is 1.70. The Hall–Kier alpha value is -3.78. The van der Waals surface area contributed by atoms with Gasteiger partial charge in [0, 0.05) is 5.56 Å². The molecule has 0 aliphatic carbocycles. The third kappa shape index (κ3) is 3.06. The van der Waals surface area contributed by atoms with Crippen molar-refractivity contribution in [2.24, 2.45) is 0 Å². The van der Waals surface area contributed by atoms with E-state index in [0.717, 1.165) is 28.4 Å². The number of para-hydroxylation sites is 3. The fraction of sp³-hybridized carbons (Fsp3) is 0. The molecule has 28 heavy (non-hydrogen) atoms. The summed E-state index contributed by atoms with van der Waals surface area (Å²) in [6.45, 7) is 0. The van der Waals surface area contributed by atoms with Gasteiger partial charge in [-0.3, -0.25) is 0 Å². The molecule has 134 valence electrons. The summed E-state index contributed by atoms with van der Waals surface area (Å²) in [6.07, 6.45) is 4.31. The van der Waals surface area contributed by atoms with Gasteiger partial charge >= 0.3 is 0 Å². The smallest absolute Gasteiger partial charge is 0.151 e. The lowest BCUT2D eigenvalue weighted by molar-refractivity contribution is 0.481. The number of benzene rings is 4. The van der Waals surface area contributed by atoms with E-state index < -0.39 is 0 Å². The van der Waals surface area contributed by atoms with Crippen LogP contribution in [0.2, 0.25) is 0 Å². The number of hydrogen-bond donors (Lipinski definition) is 1. The molecule has 0 aromatic heterocycles.